The maximum atomic E-state index is 13.7. The Bertz CT molecular complexity index is 606. The minimum atomic E-state index is -0.213. The van der Waals surface area contributed by atoms with Crippen molar-refractivity contribution in [3.05, 3.63) is 48.3 Å². The maximum Gasteiger partial charge on any atom is 0.228 e. The number of para-hydroxylation sites is 1. The first-order chi connectivity index (χ1) is 10.2. The molecule has 1 N–H and O–H groups in total. The van der Waals surface area contributed by atoms with E-state index in [1.807, 2.05) is 15.9 Å². The van der Waals surface area contributed by atoms with Gasteiger partial charge < -0.3 is 14.8 Å². The number of benzene rings is 1. The van der Waals surface area contributed by atoms with Crippen molar-refractivity contribution < 1.29 is 9.18 Å². The first-order valence-electron chi connectivity index (χ1n) is 6.98. The number of amides is 1. The second kappa shape index (κ2) is 5.95. The molecule has 0 saturated carbocycles. The van der Waals surface area contributed by atoms with Crippen LogP contribution in [0, 0.1) is 5.82 Å². The van der Waals surface area contributed by atoms with Gasteiger partial charge in [0.25, 0.3) is 0 Å². The summed E-state index contributed by atoms with van der Waals surface area (Å²) in [5, 5.41) is 0. The van der Waals surface area contributed by atoms with E-state index in [2.05, 4.69) is 9.97 Å². The van der Waals surface area contributed by atoms with Gasteiger partial charge in [0, 0.05) is 38.1 Å². The van der Waals surface area contributed by atoms with Crippen LogP contribution < -0.4 is 4.90 Å². The van der Waals surface area contributed by atoms with Crippen molar-refractivity contribution >= 4 is 11.6 Å². The number of rotatable bonds is 3. The molecule has 21 heavy (non-hydrogen) atoms. The lowest BCUT2D eigenvalue weighted by molar-refractivity contribution is -0.130. The van der Waals surface area contributed by atoms with E-state index >= 15 is 0 Å². The van der Waals surface area contributed by atoms with Crippen LogP contribution in [0.3, 0.4) is 0 Å². The van der Waals surface area contributed by atoms with E-state index in [0.717, 1.165) is 5.69 Å². The molecule has 1 saturated heterocycles. The Morgan fingerprint density at radius 3 is 2.67 bits per heavy atom. The topological polar surface area (TPSA) is 52.2 Å². The van der Waals surface area contributed by atoms with E-state index in [1.54, 1.807) is 24.7 Å². The summed E-state index contributed by atoms with van der Waals surface area (Å²) < 4.78 is 13.7. The van der Waals surface area contributed by atoms with Crippen LogP contribution in [-0.2, 0) is 11.2 Å². The Kier molecular flexibility index (Phi) is 3.85. The molecular formula is C15H17FN4O. The third-order valence-corrected chi connectivity index (χ3v) is 3.72. The molecular weight excluding hydrogens is 271 g/mol. The van der Waals surface area contributed by atoms with Crippen molar-refractivity contribution in [2.75, 3.05) is 31.1 Å². The molecule has 0 spiro atoms. The summed E-state index contributed by atoms with van der Waals surface area (Å²) >= 11 is 0. The minimum absolute atomic E-state index is 0.0763. The molecule has 0 aliphatic carbocycles. The molecule has 1 aromatic heterocycles. The van der Waals surface area contributed by atoms with Gasteiger partial charge in [-0.25, -0.2) is 9.37 Å². The van der Waals surface area contributed by atoms with Crippen molar-refractivity contribution in [3.8, 4) is 0 Å². The average molecular weight is 288 g/mol. The normalized spacial score (nSPS) is 15.3. The largest absolute Gasteiger partial charge is 0.366 e. The maximum absolute atomic E-state index is 13.7. The van der Waals surface area contributed by atoms with Gasteiger partial charge in [0.15, 0.2) is 0 Å². The van der Waals surface area contributed by atoms with Crippen molar-refractivity contribution in [1.29, 1.82) is 0 Å². The van der Waals surface area contributed by atoms with E-state index in [0.29, 0.717) is 38.3 Å². The fraction of sp³-hybridized carbons (Fsp3) is 0.333. The average Bonchev–Trinajstić information content (AvgIpc) is 3.01. The molecule has 1 fully saturated rings. The second-order valence-electron chi connectivity index (χ2n) is 5.07. The van der Waals surface area contributed by atoms with Crippen LogP contribution in [0.5, 0.6) is 0 Å². The smallest absolute Gasteiger partial charge is 0.228 e. The summed E-state index contributed by atoms with van der Waals surface area (Å²) in [5.74, 6) is -0.137. The molecule has 1 aliphatic heterocycles. The number of carbonyl (C=O) groups excluding carboxylic acids is 1. The highest BCUT2D eigenvalue weighted by molar-refractivity contribution is 5.78. The van der Waals surface area contributed by atoms with Crippen molar-refractivity contribution in [2.45, 2.75) is 6.42 Å². The number of piperazine rings is 1. The zero-order valence-corrected chi connectivity index (χ0v) is 11.6. The monoisotopic (exact) mass is 288 g/mol. The van der Waals surface area contributed by atoms with E-state index in [9.17, 15) is 9.18 Å². The van der Waals surface area contributed by atoms with Crippen LogP contribution in [0.15, 0.2) is 36.8 Å². The van der Waals surface area contributed by atoms with Gasteiger partial charge in [-0.2, -0.15) is 0 Å². The highest BCUT2D eigenvalue weighted by Gasteiger charge is 2.22. The van der Waals surface area contributed by atoms with E-state index in [1.165, 1.54) is 6.07 Å². The Morgan fingerprint density at radius 2 is 2.00 bits per heavy atom. The van der Waals surface area contributed by atoms with Crippen molar-refractivity contribution in [3.63, 3.8) is 0 Å². The number of imidazole rings is 1. The number of H-pyrrole nitrogens is 1. The summed E-state index contributed by atoms with van der Waals surface area (Å²) in [7, 11) is 0. The summed E-state index contributed by atoms with van der Waals surface area (Å²) in [5.41, 5.74) is 1.43. The number of nitrogens with zero attached hydrogens (tertiary/aromatic N) is 3. The molecule has 3 rings (SSSR count). The highest BCUT2D eigenvalue weighted by atomic mass is 19.1. The molecule has 5 nitrogen and oxygen atoms in total. The van der Waals surface area contributed by atoms with Gasteiger partial charge >= 0.3 is 0 Å². The predicted octanol–water partition coefficient (Wildman–Crippen LogP) is 1.44. The summed E-state index contributed by atoms with van der Waals surface area (Å²) in [6, 6.07) is 6.75. The highest BCUT2D eigenvalue weighted by Crippen LogP contribution is 2.20. The van der Waals surface area contributed by atoms with Crippen LogP contribution in [0.2, 0.25) is 0 Å². The summed E-state index contributed by atoms with van der Waals surface area (Å²) in [6.07, 6.45) is 3.56. The predicted molar refractivity (Wildman–Crippen MR) is 77.5 cm³/mol. The lowest BCUT2D eigenvalue weighted by Gasteiger charge is -2.36. The number of hydrogen-bond donors (Lipinski definition) is 1. The summed E-state index contributed by atoms with van der Waals surface area (Å²) in [6.45, 7) is 2.52. The molecule has 0 radical (unpaired) electrons. The van der Waals surface area contributed by atoms with Gasteiger partial charge in [-0.15, -0.1) is 0 Å². The van der Waals surface area contributed by atoms with Gasteiger partial charge in [-0.3, -0.25) is 4.79 Å². The molecule has 6 heteroatoms. The number of hydrogen-bond acceptors (Lipinski definition) is 3. The standard InChI is InChI=1S/C15H17FN4O/c16-13-3-1-2-4-14(13)19-5-7-20(8-6-19)15(21)9-12-10-17-11-18-12/h1-4,10-11H,5-9H2,(H,17,18). The Morgan fingerprint density at radius 1 is 1.24 bits per heavy atom. The van der Waals surface area contributed by atoms with Crippen LogP contribution in [0.1, 0.15) is 5.69 Å². The van der Waals surface area contributed by atoms with E-state index in [4.69, 9.17) is 0 Å². The third-order valence-electron chi connectivity index (χ3n) is 3.72. The number of nitrogens with one attached hydrogen (secondary N) is 1. The van der Waals surface area contributed by atoms with E-state index in [-0.39, 0.29) is 11.7 Å². The van der Waals surface area contributed by atoms with Crippen LogP contribution in [0.25, 0.3) is 0 Å². The Balaban J connectivity index is 1.58. The fourth-order valence-electron chi connectivity index (χ4n) is 2.56. The number of aromatic nitrogens is 2. The molecule has 0 bridgehead atoms. The van der Waals surface area contributed by atoms with Crippen LogP contribution in [0.4, 0.5) is 10.1 Å². The minimum Gasteiger partial charge on any atom is -0.366 e. The lowest BCUT2D eigenvalue weighted by atomic mass is 10.2. The number of halogens is 1. The molecule has 1 amide bonds. The SMILES string of the molecule is O=C(Cc1cnc[nH]1)N1CCN(c2ccccc2F)CC1. The molecule has 0 atom stereocenters. The lowest BCUT2D eigenvalue weighted by Crippen LogP contribution is -2.49. The molecule has 0 unspecified atom stereocenters. The van der Waals surface area contributed by atoms with Crippen molar-refractivity contribution in [1.82, 2.24) is 14.9 Å². The molecule has 1 aliphatic rings. The van der Waals surface area contributed by atoms with Gasteiger partial charge in [0.05, 0.1) is 18.4 Å². The van der Waals surface area contributed by atoms with E-state index < -0.39 is 0 Å². The molecule has 1 aromatic carbocycles. The molecule has 2 aromatic rings. The quantitative estimate of drug-likeness (QED) is 0.930. The zero-order chi connectivity index (χ0) is 14.7. The molecule has 110 valence electrons. The molecule has 2 heterocycles. The summed E-state index contributed by atoms with van der Waals surface area (Å²) in [4.78, 5) is 22.8. The number of aromatic amines is 1. The van der Waals surface area contributed by atoms with Gasteiger partial charge in [0.1, 0.15) is 5.82 Å². The number of anilines is 1. The third kappa shape index (κ3) is 3.04. The number of carbonyl (C=O) groups is 1. The first-order valence-corrected chi connectivity index (χ1v) is 6.98. The first kappa shape index (κ1) is 13.6. The van der Waals surface area contributed by atoms with Gasteiger partial charge in [-0.05, 0) is 12.1 Å². The second-order valence-corrected chi connectivity index (χ2v) is 5.07. The van der Waals surface area contributed by atoms with Crippen LogP contribution in [-0.4, -0.2) is 47.0 Å². The van der Waals surface area contributed by atoms with Gasteiger partial charge in [0.2, 0.25) is 5.91 Å². The Hall–Kier alpha value is -2.37. The van der Waals surface area contributed by atoms with Gasteiger partial charge in [-0.1, -0.05) is 12.1 Å². The zero-order valence-electron chi connectivity index (χ0n) is 11.6. The van der Waals surface area contributed by atoms with Crippen LogP contribution >= 0.6 is 0 Å². The fourth-order valence-corrected chi connectivity index (χ4v) is 2.56. The van der Waals surface area contributed by atoms with Crippen molar-refractivity contribution in [2.24, 2.45) is 0 Å². The Labute approximate surface area is 122 Å².